The van der Waals surface area contributed by atoms with Gasteiger partial charge in [-0.15, -0.1) is 22.7 Å². The van der Waals surface area contributed by atoms with Crippen molar-refractivity contribution < 1.29 is 0 Å². The summed E-state index contributed by atoms with van der Waals surface area (Å²) in [5, 5.41) is 12.7. The van der Waals surface area contributed by atoms with E-state index in [2.05, 4.69) is 61.0 Å². The van der Waals surface area contributed by atoms with Crippen LogP contribution < -0.4 is 0 Å². The molecular weight excluding hydrogens is 304 g/mol. The molecule has 0 saturated carbocycles. The second-order valence-electron chi connectivity index (χ2n) is 6.04. The van der Waals surface area contributed by atoms with Crippen LogP contribution in [0.5, 0.6) is 0 Å². The van der Waals surface area contributed by atoms with E-state index in [9.17, 15) is 0 Å². The lowest BCUT2D eigenvalue weighted by Crippen LogP contribution is -1.79. The Hall–Kier alpha value is -1.90. The zero-order valence-electron chi connectivity index (χ0n) is 12.4. The highest BCUT2D eigenvalue weighted by molar-refractivity contribution is 7.17. The average Bonchev–Trinajstić information content (AvgIpc) is 3.07. The van der Waals surface area contributed by atoms with E-state index < -0.39 is 0 Å². The predicted octanol–water partition coefficient (Wildman–Crippen LogP) is 7.04. The van der Waals surface area contributed by atoms with Crippen LogP contribution in [0.25, 0.3) is 41.7 Å². The van der Waals surface area contributed by atoms with Gasteiger partial charge >= 0.3 is 0 Å². The fourth-order valence-electron chi connectivity index (χ4n) is 3.36. The smallest absolute Gasteiger partial charge is 0.0352 e. The molecule has 0 aliphatic rings. The largest absolute Gasteiger partial charge is 0.144 e. The number of aryl methyl sites for hydroxylation is 2. The Bertz CT molecular complexity index is 1090. The summed E-state index contributed by atoms with van der Waals surface area (Å²) in [7, 11) is 0. The molecule has 2 heteroatoms. The molecule has 0 nitrogen and oxygen atoms in total. The summed E-state index contributed by atoms with van der Waals surface area (Å²) in [6, 6.07) is 14.0. The van der Waals surface area contributed by atoms with Crippen molar-refractivity contribution >= 4 is 64.4 Å². The Kier molecular flexibility index (Phi) is 2.47. The lowest BCUT2D eigenvalue weighted by molar-refractivity contribution is 1.60. The van der Waals surface area contributed by atoms with Crippen LogP contribution in [0.15, 0.2) is 47.2 Å². The summed E-state index contributed by atoms with van der Waals surface area (Å²) in [4.78, 5) is 0. The van der Waals surface area contributed by atoms with Gasteiger partial charge in [-0.1, -0.05) is 12.1 Å². The lowest BCUT2D eigenvalue weighted by atomic mass is 9.99. The van der Waals surface area contributed by atoms with Crippen LogP contribution >= 0.6 is 22.7 Å². The Morgan fingerprint density at radius 2 is 1.05 bits per heavy atom. The third-order valence-corrected chi connectivity index (χ3v) is 6.74. The second kappa shape index (κ2) is 4.31. The van der Waals surface area contributed by atoms with E-state index in [4.69, 9.17) is 0 Å². The fourth-order valence-corrected chi connectivity index (χ4v) is 5.28. The highest BCUT2D eigenvalue weighted by Crippen LogP contribution is 2.37. The van der Waals surface area contributed by atoms with E-state index >= 15 is 0 Å². The summed E-state index contributed by atoms with van der Waals surface area (Å²) >= 11 is 3.70. The summed E-state index contributed by atoms with van der Waals surface area (Å²) in [6.07, 6.45) is 0. The van der Waals surface area contributed by atoms with Crippen LogP contribution in [0.3, 0.4) is 0 Å². The highest BCUT2D eigenvalue weighted by atomic mass is 32.1. The van der Waals surface area contributed by atoms with Gasteiger partial charge < -0.3 is 0 Å². The molecular formula is C20H14S2. The van der Waals surface area contributed by atoms with Gasteiger partial charge in [0, 0.05) is 9.40 Å². The van der Waals surface area contributed by atoms with E-state index in [1.165, 1.54) is 52.8 Å². The number of rotatable bonds is 0. The van der Waals surface area contributed by atoms with E-state index in [0.29, 0.717) is 0 Å². The second-order valence-corrected chi connectivity index (χ2v) is 7.86. The van der Waals surface area contributed by atoms with Gasteiger partial charge in [-0.3, -0.25) is 0 Å². The highest BCUT2D eigenvalue weighted by Gasteiger charge is 2.08. The zero-order valence-corrected chi connectivity index (χ0v) is 14.1. The first-order chi connectivity index (χ1) is 10.7. The predicted molar refractivity (Wildman–Crippen MR) is 102 cm³/mol. The Balaban J connectivity index is 2.00. The first kappa shape index (κ1) is 12.6. The van der Waals surface area contributed by atoms with Gasteiger partial charge in [0.05, 0.1) is 0 Å². The Morgan fingerprint density at radius 3 is 1.50 bits per heavy atom. The topological polar surface area (TPSA) is 0 Å². The van der Waals surface area contributed by atoms with E-state index in [-0.39, 0.29) is 0 Å². The Morgan fingerprint density at radius 1 is 0.591 bits per heavy atom. The molecule has 22 heavy (non-hydrogen) atoms. The van der Waals surface area contributed by atoms with Crippen LogP contribution in [0.1, 0.15) is 11.1 Å². The van der Waals surface area contributed by atoms with Crippen LogP contribution in [-0.4, -0.2) is 0 Å². The van der Waals surface area contributed by atoms with Crippen molar-refractivity contribution in [2.45, 2.75) is 13.8 Å². The van der Waals surface area contributed by atoms with Gasteiger partial charge in [-0.25, -0.2) is 0 Å². The number of thiophene rings is 2. The molecule has 0 fully saturated rings. The maximum atomic E-state index is 2.37. The number of benzene rings is 3. The quantitative estimate of drug-likeness (QED) is 0.269. The average molecular weight is 318 g/mol. The molecule has 0 amide bonds. The van der Waals surface area contributed by atoms with Crippen molar-refractivity contribution in [3.63, 3.8) is 0 Å². The van der Waals surface area contributed by atoms with Gasteiger partial charge in [0.1, 0.15) is 0 Å². The SMILES string of the molecule is Cc1csc2cc3c(ccc4cc5c(C)csc5cc43)cc12. The molecule has 2 heterocycles. The van der Waals surface area contributed by atoms with Crippen molar-refractivity contribution in [3.8, 4) is 0 Å². The number of hydrogen-bond donors (Lipinski definition) is 0. The fraction of sp³-hybridized carbons (Fsp3) is 0.100. The molecule has 0 bridgehead atoms. The van der Waals surface area contributed by atoms with E-state index in [0.717, 1.165) is 0 Å². The molecule has 0 spiro atoms. The minimum absolute atomic E-state index is 1.34. The zero-order chi connectivity index (χ0) is 14.8. The van der Waals surface area contributed by atoms with Crippen LogP contribution in [-0.2, 0) is 0 Å². The maximum Gasteiger partial charge on any atom is 0.0352 e. The van der Waals surface area contributed by atoms with E-state index in [1.807, 2.05) is 22.7 Å². The molecule has 5 aromatic rings. The Labute approximate surface area is 136 Å². The normalized spacial score (nSPS) is 12.1. The van der Waals surface area contributed by atoms with Crippen molar-refractivity contribution in [2.24, 2.45) is 0 Å². The van der Waals surface area contributed by atoms with Crippen molar-refractivity contribution in [1.29, 1.82) is 0 Å². The molecule has 2 aromatic heterocycles. The third-order valence-electron chi connectivity index (χ3n) is 4.61. The minimum atomic E-state index is 1.34. The summed E-state index contributed by atoms with van der Waals surface area (Å²) in [6.45, 7) is 4.40. The van der Waals surface area contributed by atoms with Crippen LogP contribution in [0.2, 0.25) is 0 Å². The number of hydrogen-bond acceptors (Lipinski definition) is 2. The summed E-state index contributed by atoms with van der Waals surface area (Å²) in [5.41, 5.74) is 2.76. The van der Waals surface area contributed by atoms with Gasteiger partial charge in [0.25, 0.3) is 0 Å². The molecule has 0 radical (unpaired) electrons. The maximum absolute atomic E-state index is 2.37. The van der Waals surface area contributed by atoms with Crippen LogP contribution in [0.4, 0.5) is 0 Å². The molecule has 0 aliphatic carbocycles. The standard InChI is InChI=1S/C20H14S2/c1-11-9-21-19-7-17-13(5-15(11)19)3-4-14-6-16-12(2)10-22-20(16)8-18(14)17/h3-10H,1-2H3. The minimum Gasteiger partial charge on any atom is -0.144 e. The molecule has 3 aromatic carbocycles. The third kappa shape index (κ3) is 1.62. The molecule has 0 saturated heterocycles. The number of fused-ring (bicyclic) bond motifs is 5. The van der Waals surface area contributed by atoms with Crippen molar-refractivity contribution in [2.75, 3.05) is 0 Å². The summed E-state index contributed by atoms with van der Waals surface area (Å²) in [5.74, 6) is 0. The van der Waals surface area contributed by atoms with Gasteiger partial charge in [-0.05, 0) is 92.3 Å². The van der Waals surface area contributed by atoms with Crippen molar-refractivity contribution in [3.05, 3.63) is 58.3 Å². The lowest BCUT2D eigenvalue weighted by Gasteiger charge is -2.06. The molecule has 0 N–H and O–H groups in total. The van der Waals surface area contributed by atoms with Crippen LogP contribution in [0, 0.1) is 13.8 Å². The van der Waals surface area contributed by atoms with Gasteiger partial charge in [0.15, 0.2) is 0 Å². The molecule has 5 rings (SSSR count). The molecule has 0 unspecified atom stereocenters. The first-order valence-electron chi connectivity index (χ1n) is 7.43. The van der Waals surface area contributed by atoms with Gasteiger partial charge in [-0.2, -0.15) is 0 Å². The first-order valence-corrected chi connectivity index (χ1v) is 9.19. The summed E-state index contributed by atoms with van der Waals surface area (Å²) < 4.78 is 2.78. The van der Waals surface area contributed by atoms with Crippen molar-refractivity contribution in [1.82, 2.24) is 0 Å². The van der Waals surface area contributed by atoms with Gasteiger partial charge in [0.2, 0.25) is 0 Å². The molecule has 0 atom stereocenters. The molecule has 106 valence electrons. The monoisotopic (exact) mass is 318 g/mol. The molecule has 0 aliphatic heterocycles. The van der Waals surface area contributed by atoms with E-state index in [1.54, 1.807) is 0 Å².